The van der Waals surface area contributed by atoms with E-state index in [-0.39, 0.29) is 0 Å². The molecule has 0 saturated carbocycles. The maximum absolute atomic E-state index is 11.7. The number of hydrogen-bond donors (Lipinski definition) is 4. The lowest BCUT2D eigenvalue weighted by atomic mass is 10.1. The Hall–Kier alpha value is -2.67. The molecule has 7 heteroatoms. The van der Waals surface area contributed by atoms with Crippen LogP contribution in [0.2, 0.25) is 0 Å². The molecule has 21 heavy (non-hydrogen) atoms. The maximum atomic E-state index is 11.7. The number of anilines is 1. The van der Waals surface area contributed by atoms with E-state index < -0.39 is 24.1 Å². The van der Waals surface area contributed by atoms with Crippen molar-refractivity contribution in [2.45, 2.75) is 12.5 Å². The van der Waals surface area contributed by atoms with Crippen LogP contribution < -0.4 is 10.6 Å². The molecule has 0 saturated heterocycles. The SMILES string of the molecule is CC(O)(CNC(=O)Nc1cnc2ccccc2c1)C(=O)O. The summed E-state index contributed by atoms with van der Waals surface area (Å²) in [4.78, 5) is 26.6. The van der Waals surface area contributed by atoms with E-state index in [0.717, 1.165) is 17.8 Å². The van der Waals surface area contributed by atoms with E-state index in [2.05, 4.69) is 15.6 Å². The third-order valence-electron chi connectivity index (χ3n) is 2.90. The van der Waals surface area contributed by atoms with E-state index in [4.69, 9.17) is 5.11 Å². The van der Waals surface area contributed by atoms with Gasteiger partial charge in [-0.2, -0.15) is 0 Å². The Morgan fingerprint density at radius 1 is 1.33 bits per heavy atom. The van der Waals surface area contributed by atoms with Gasteiger partial charge >= 0.3 is 12.0 Å². The van der Waals surface area contributed by atoms with Gasteiger partial charge in [-0.05, 0) is 19.1 Å². The second-order valence-corrected chi connectivity index (χ2v) is 4.80. The number of nitrogens with one attached hydrogen (secondary N) is 2. The topological polar surface area (TPSA) is 112 Å². The second-order valence-electron chi connectivity index (χ2n) is 4.80. The molecule has 1 unspecified atom stereocenters. The van der Waals surface area contributed by atoms with Gasteiger partial charge in [0.05, 0.1) is 23.9 Å². The molecule has 0 aliphatic carbocycles. The van der Waals surface area contributed by atoms with Crippen LogP contribution in [-0.4, -0.2) is 39.3 Å². The van der Waals surface area contributed by atoms with E-state index in [9.17, 15) is 14.7 Å². The van der Waals surface area contributed by atoms with Gasteiger partial charge in [0.15, 0.2) is 5.60 Å². The van der Waals surface area contributed by atoms with Crippen molar-refractivity contribution in [3.8, 4) is 0 Å². The van der Waals surface area contributed by atoms with Gasteiger partial charge in [0.1, 0.15) is 0 Å². The molecular weight excluding hydrogens is 274 g/mol. The van der Waals surface area contributed by atoms with Crippen LogP contribution in [0.5, 0.6) is 0 Å². The molecule has 1 aromatic carbocycles. The summed E-state index contributed by atoms with van der Waals surface area (Å²) in [5.41, 5.74) is -0.739. The first-order chi connectivity index (χ1) is 9.88. The number of hydrogen-bond acceptors (Lipinski definition) is 4. The molecule has 0 radical (unpaired) electrons. The molecule has 7 nitrogen and oxygen atoms in total. The number of rotatable bonds is 4. The molecular formula is C14H15N3O4. The van der Waals surface area contributed by atoms with Crippen molar-refractivity contribution in [2.24, 2.45) is 0 Å². The smallest absolute Gasteiger partial charge is 0.337 e. The number of amides is 2. The maximum Gasteiger partial charge on any atom is 0.337 e. The van der Waals surface area contributed by atoms with Gasteiger partial charge in [-0.1, -0.05) is 18.2 Å². The molecule has 1 atom stereocenters. The zero-order valence-electron chi connectivity index (χ0n) is 11.3. The first kappa shape index (κ1) is 14.7. The Labute approximate surface area is 120 Å². The fourth-order valence-corrected chi connectivity index (χ4v) is 1.64. The lowest BCUT2D eigenvalue weighted by Gasteiger charge is -2.18. The van der Waals surface area contributed by atoms with Gasteiger partial charge in [0, 0.05) is 5.39 Å². The Morgan fingerprint density at radius 3 is 2.76 bits per heavy atom. The number of pyridine rings is 1. The minimum atomic E-state index is -2.01. The molecule has 0 aliphatic heterocycles. The fourth-order valence-electron chi connectivity index (χ4n) is 1.64. The highest BCUT2D eigenvalue weighted by Crippen LogP contribution is 2.15. The first-order valence-corrected chi connectivity index (χ1v) is 6.24. The minimum Gasteiger partial charge on any atom is -0.479 e. The highest BCUT2D eigenvalue weighted by Gasteiger charge is 2.30. The zero-order valence-corrected chi connectivity index (χ0v) is 11.3. The lowest BCUT2D eigenvalue weighted by Crippen LogP contribution is -2.47. The number of aliphatic carboxylic acids is 1. The number of para-hydroxylation sites is 1. The van der Waals surface area contributed by atoms with Crippen molar-refractivity contribution in [2.75, 3.05) is 11.9 Å². The number of aliphatic hydroxyl groups is 1. The van der Waals surface area contributed by atoms with Crippen LogP contribution in [0.4, 0.5) is 10.5 Å². The lowest BCUT2D eigenvalue weighted by molar-refractivity contribution is -0.155. The van der Waals surface area contributed by atoms with Crippen LogP contribution >= 0.6 is 0 Å². The molecule has 2 aromatic rings. The summed E-state index contributed by atoms with van der Waals surface area (Å²) in [6, 6.07) is 8.57. The average Bonchev–Trinajstić information content (AvgIpc) is 2.45. The Balaban J connectivity index is 2.00. The summed E-state index contributed by atoms with van der Waals surface area (Å²) in [6.07, 6.45) is 1.50. The number of carboxylic acids is 1. The van der Waals surface area contributed by atoms with Crippen molar-refractivity contribution in [1.82, 2.24) is 10.3 Å². The fraction of sp³-hybridized carbons (Fsp3) is 0.214. The van der Waals surface area contributed by atoms with Crippen molar-refractivity contribution >= 4 is 28.6 Å². The summed E-state index contributed by atoms with van der Waals surface area (Å²) < 4.78 is 0. The quantitative estimate of drug-likeness (QED) is 0.675. The second kappa shape index (κ2) is 5.76. The number of aromatic nitrogens is 1. The monoisotopic (exact) mass is 289 g/mol. The first-order valence-electron chi connectivity index (χ1n) is 6.24. The number of benzene rings is 1. The van der Waals surface area contributed by atoms with Crippen LogP contribution in [0.15, 0.2) is 36.5 Å². The predicted octanol–water partition coefficient (Wildman–Crippen LogP) is 1.19. The summed E-state index contributed by atoms with van der Waals surface area (Å²) in [5.74, 6) is -1.41. The van der Waals surface area contributed by atoms with Crippen LogP contribution in [-0.2, 0) is 4.79 Å². The van der Waals surface area contributed by atoms with E-state index in [0.29, 0.717) is 5.69 Å². The molecule has 1 heterocycles. The van der Waals surface area contributed by atoms with Gasteiger partial charge in [-0.25, -0.2) is 9.59 Å². The van der Waals surface area contributed by atoms with Crippen molar-refractivity contribution < 1.29 is 19.8 Å². The third kappa shape index (κ3) is 3.67. The van der Waals surface area contributed by atoms with Gasteiger partial charge in [0.25, 0.3) is 0 Å². The number of carbonyl (C=O) groups is 2. The Kier molecular flexibility index (Phi) is 4.04. The minimum absolute atomic E-state index is 0.408. The van der Waals surface area contributed by atoms with Crippen molar-refractivity contribution in [3.05, 3.63) is 36.5 Å². The van der Waals surface area contributed by atoms with Gasteiger partial charge in [-0.15, -0.1) is 0 Å². The van der Waals surface area contributed by atoms with E-state index in [1.165, 1.54) is 6.20 Å². The molecule has 0 bridgehead atoms. The Bertz CT molecular complexity index is 685. The van der Waals surface area contributed by atoms with E-state index >= 15 is 0 Å². The van der Waals surface area contributed by atoms with Crippen LogP contribution in [0, 0.1) is 0 Å². The van der Waals surface area contributed by atoms with Crippen LogP contribution in [0.1, 0.15) is 6.92 Å². The van der Waals surface area contributed by atoms with Crippen LogP contribution in [0.25, 0.3) is 10.9 Å². The summed E-state index contributed by atoms with van der Waals surface area (Å²) in [7, 11) is 0. The largest absolute Gasteiger partial charge is 0.479 e. The normalized spacial score (nSPS) is 13.4. The summed E-state index contributed by atoms with van der Waals surface area (Å²) >= 11 is 0. The summed E-state index contributed by atoms with van der Waals surface area (Å²) in [5, 5.41) is 23.9. The summed E-state index contributed by atoms with van der Waals surface area (Å²) in [6.45, 7) is 0.697. The average molecular weight is 289 g/mol. The van der Waals surface area contributed by atoms with Gasteiger partial charge in [-0.3, -0.25) is 4.98 Å². The molecule has 2 amide bonds. The van der Waals surface area contributed by atoms with Crippen LogP contribution in [0.3, 0.4) is 0 Å². The number of carboxylic acid groups (broad SMARTS) is 1. The molecule has 1 aromatic heterocycles. The number of carbonyl (C=O) groups excluding carboxylic acids is 1. The molecule has 0 aliphatic rings. The van der Waals surface area contributed by atoms with Crippen molar-refractivity contribution in [1.29, 1.82) is 0 Å². The molecule has 4 N–H and O–H groups in total. The predicted molar refractivity (Wildman–Crippen MR) is 77.0 cm³/mol. The zero-order chi connectivity index (χ0) is 15.5. The van der Waals surface area contributed by atoms with Gasteiger partial charge < -0.3 is 20.8 Å². The van der Waals surface area contributed by atoms with E-state index in [1.54, 1.807) is 6.07 Å². The van der Waals surface area contributed by atoms with Crippen molar-refractivity contribution in [3.63, 3.8) is 0 Å². The third-order valence-corrected chi connectivity index (χ3v) is 2.90. The Morgan fingerprint density at radius 2 is 2.05 bits per heavy atom. The highest BCUT2D eigenvalue weighted by molar-refractivity contribution is 5.92. The molecule has 0 fully saturated rings. The molecule has 0 spiro atoms. The molecule has 110 valence electrons. The van der Waals surface area contributed by atoms with Gasteiger partial charge in [0.2, 0.25) is 0 Å². The van der Waals surface area contributed by atoms with E-state index in [1.807, 2.05) is 24.3 Å². The number of fused-ring (bicyclic) bond motifs is 1. The highest BCUT2D eigenvalue weighted by atomic mass is 16.4. The number of urea groups is 1. The molecule has 2 rings (SSSR count). The standard InChI is InChI=1S/C14H15N3O4/c1-14(21,12(18)19)8-16-13(20)17-10-6-9-4-2-3-5-11(9)15-7-10/h2-7,21H,8H2,1H3,(H,18,19)(H2,16,17,20). The number of nitrogens with zero attached hydrogens (tertiary/aromatic N) is 1.